The molecule has 0 aliphatic rings. The van der Waals surface area contributed by atoms with E-state index >= 15 is 0 Å². The number of aromatic amines is 1. The number of nitrogens with two attached hydrogens (primary N) is 1. The van der Waals surface area contributed by atoms with Crippen LogP contribution in [-0.4, -0.2) is 35.8 Å². The number of benzene rings is 2. The molecule has 6 nitrogen and oxygen atoms in total. The number of aliphatic carboxylic acids is 1. The second-order valence-electron chi connectivity index (χ2n) is 6.12. The Hall–Kier alpha value is -2.83. The van der Waals surface area contributed by atoms with Crippen molar-refractivity contribution in [2.24, 2.45) is 5.73 Å². The molecule has 0 bridgehead atoms. The zero-order valence-electron chi connectivity index (χ0n) is 14.5. The molecule has 1 aromatic heterocycles. The molecule has 3 aromatic rings. The Balaban J connectivity index is 1.97. The van der Waals surface area contributed by atoms with Gasteiger partial charge in [-0.3, -0.25) is 4.79 Å². The molecule has 0 aliphatic heterocycles. The highest BCUT2D eigenvalue weighted by molar-refractivity contribution is 5.90. The Kier molecular flexibility index (Phi) is 5.55. The predicted molar refractivity (Wildman–Crippen MR) is 99.3 cm³/mol. The van der Waals surface area contributed by atoms with E-state index in [1.54, 1.807) is 6.20 Å². The minimum absolute atomic E-state index is 0.202. The van der Waals surface area contributed by atoms with Crippen molar-refractivity contribution in [3.05, 3.63) is 65.9 Å². The second-order valence-corrected chi connectivity index (χ2v) is 6.12. The van der Waals surface area contributed by atoms with Crippen molar-refractivity contribution in [1.82, 2.24) is 4.98 Å². The highest BCUT2D eigenvalue weighted by Crippen LogP contribution is 2.35. The van der Waals surface area contributed by atoms with E-state index in [1.807, 2.05) is 48.5 Å². The lowest BCUT2D eigenvalue weighted by atomic mass is 9.92. The topological polar surface area (TPSA) is 97.6 Å². The van der Waals surface area contributed by atoms with Gasteiger partial charge >= 0.3 is 5.97 Å². The van der Waals surface area contributed by atoms with E-state index < -0.39 is 17.9 Å². The highest BCUT2D eigenvalue weighted by atomic mass is 16.5. The van der Waals surface area contributed by atoms with Gasteiger partial charge in [-0.25, -0.2) is 0 Å². The quantitative estimate of drug-likeness (QED) is 0.578. The van der Waals surface area contributed by atoms with E-state index in [-0.39, 0.29) is 6.61 Å². The van der Waals surface area contributed by atoms with Gasteiger partial charge in [-0.2, -0.15) is 0 Å². The second kappa shape index (κ2) is 8.03. The average Bonchev–Trinajstić information content (AvgIpc) is 3.09. The molecular formula is C20H22N2O4. The normalized spacial score (nSPS) is 13.5. The minimum atomic E-state index is -1.07. The third-order valence-electron chi connectivity index (χ3n) is 4.40. The number of rotatable bonds is 8. The molecular weight excluding hydrogens is 332 g/mol. The zero-order chi connectivity index (χ0) is 18.5. The van der Waals surface area contributed by atoms with Gasteiger partial charge < -0.3 is 25.3 Å². The summed E-state index contributed by atoms with van der Waals surface area (Å²) in [6.07, 6.45) is 1.78. The molecule has 0 fully saturated rings. The van der Waals surface area contributed by atoms with Gasteiger partial charge in [0, 0.05) is 30.1 Å². The minimum Gasteiger partial charge on any atom is -0.488 e. The van der Waals surface area contributed by atoms with Crippen molar-refractivity contribution in [3.63, 3.8) is 0 Å². The lowest BCUT2D eigenvalue weighted by molar-refractivity contribution is -0.139. The Bertz CT molecular complexity index is 876. The highest BCUT2D eigenvalue weighted by Gasteiger charge is 2.29. The lowest BCUT2D eigenvalue weighted by Crippen LogP contribution is -2.38. The van der Waals surface area contributed by atoms with Gasteiger partial charge in [-0.05, 0) is 23.3 Å². The number of H-pyrrole nitrogens is 1. The van der Waals surface area contributed by atoms with Gasteiger partial charge in [-0.1, -0.05) is 36.4 Å². The molecule has 0 spiro atoms. The standard InChI is InChI=1S/C20H22N2O4/c1-25-12-15(19(21)20(23)24)14-10-22-16-8-5-9-17(18(14)16)26-11-13-6-3-2-4-7-13/h2-10,15,19,22H,11-12,21H2,1H3,(H,23,24). The van der Waals surface area contributed by atoms with Crippen molar-refractivity contribution < 1.29 is 19.4 Å². The first kappa shape index (κ1) is 18.0. The van der Waals surface area contributed by atoms with Gasteiger partial charge in [0.1, 0.15) is 18.4 Å². The van der Waals surface area contributed by atoms with Gasteiger partial charge in [-0.15, -0.1) is 0 Å². The van der Waals surface area contributed by atoms with E-state index in [0.29, 0.717) is 12.4 Å². The molecule has 3 rings (SSSR count). The van der Waals surface area contributed by atoms with Crippen LogP contribution >= 0.6 is 0 Å². The first-order valence-electron chi connectivity index (χ1n) is 8.36. The molecule has 1 heterocycles. The van der Waals surface area contributed by atoms with Crippen molar-refractivity contribution in [1.29, 1.82) is 0 Å². The summed E-state index contributed by atoms with van der Waals surface area (Å²) < 4.78 is 11.2. The summed E-state index contributed by atoms with van der Waals surface area (Å²) in [5, 5.41) is 10.2. The maximum Gasteiger partial charge on any atom is 0.321 e. The summed E-state index contributed by atoms with van der Waals surface area (Å²) in [4.78, 5) is 14.6. The van der Waals surface area contributed by atoms with Crippen LogP contribution < -0.4 is 10.5 Å². The number of methoxy groups -OCH3 is 1. The summed E-state index contributed by atoms with van der Waals surface area (Å²) >= 11 is 0. The Morgan fingerprint density at radius 3 is 2.65 bits per heavy atom. The average molecular weight is 354 g/mol. The summed E-state index contributed by atoms with van der Waals surface area (Å²) in [7, 11) is 1.53. The van der Waals surface area contributed by atoms with Crippen LogP contribution in [0.4, 0.5) is 0 Å². The van der Waals surface area contributed by atoms with Crippen molar-refractivity contribution >= 4 is 16.9 Å². The van der Waals surface area contributed by atoms with Crippen molar-refractivity contribution in [3.8, 4) is 5.75 Å². The van der Waals surface area contributed by atoms with Crippen LogP contribution in [-0.2, 0) is 16.1 Å². The fourth-order valence-electron chi connectivity index (χ4n) is 3.06. The maximum atomic E-state index is 11.4. The maximum absolute atomic E-state index is 11.4. The smallest absolute Gasteiger partial charge is 0.321 e. The number of carboxylic acid groups (broad SMARTS) is 1. The molecule has 2 unspecified atom stereocenters. The van der Waals surface area contributed by atoms with E-state index in [0.717, 1.165) is 22.0 Å². The van der Waals surface area contributed by atoms with E-state index in [9.17, 15) is 9.90 Å². The predicted octanol–water partition coefficient (Wildman–Crippen LogP) is 2.89. The Morgan fingerprint density at radius 2 is 1.96 bits per heavy atom. The van der Waals surface area contributed by atoms with Crippen molar-refractivity contribution in [2.45, 2.75) is 18.6 Å². The third-order valence-corrected chi connectivity index (χ3v) is 4.40. The summed E-state index contributed by atoms with van der Waals surface area (Å²) in [6, 6.07) is 14.5. The number of nitrogens with one attached hydrogen (secondary N) is 1. The number of ether oxygens (including phenoxy) is 2. The van der Waals surface area contributed by atoms with Crippen LogP contribution in [0.25, 0.3) is 10.9 Å². The Labute approximate surface area is 151 Å². The largest absolute Gasteiger partial charge is 0.488 e. The first-order chi connectivity index (χ1) is 12.6. The van der Waals surface area contributed by atoms with Crippen LogP contribution in [0.15, 0.2) is 54.7 Å². The van der Waals surface area contributed by atoms with Gasteiger partial charge in [0.15, 0.2) is 0 Å². The molecule has 0 amide bonds. The fraction of sp³-hybridized carbons (Fsp3) is 0.250. The molecule has 4 N–H and O–H groups in total. The zero-order valence-corrected chi connectivity index (χ0v) is 14.5. The molecule has 136 valence electrons. The van der Waals surface area contributed by atoms with Crippen LogP contribution in [0.2, 0.25) is 0 Å². The van der Waals surface area contributed by atoms with E-state index in [1.165, 1.54) is 7.11 Å². The third kappa shape index (κ3) is 3.71. The molecule has 0 saturated carbocycles. The number of carboxylic acids is 1. The van der Waals surface area contributed by atoms with Crippen LogP contribution in [0.1, 0.15) is 17.0 Å². The van der Waals surface area contributed by atoms with Crippen LogP contribution in [0.3, 0.4) is 0 Å². The fourth-order valence-corrected chi connectivity index (χ4v) is 3.06. The molecule has 0 radical (unpaired) electrons. The van der Waals surface area contributed by atoms with Gasteiger partial charge in [0.2, 0.25) is 0 Å². The Morgan fingerprint density at radius 1 is 1.19 bits per heavy atom. The van der Waals surface area contributed by atoms with Crippen molar-refractivity contribution in [2.75, 3.05) is 13.7 Å². The number of hydrogen-bond donors (Lipinski definition) is 3. The SMILES string of the molecule is COCC(c1c[nH]c2cccc(OCc3ccccc3)c12)C(N)C(=O)O. The van der Waals surface area contributed by atoms with E-state index in [2.05, 4.69) is 4.98 Å². The molecule has 2 atom stereocenters. The number of hydrogen-bond acceptors (Lipinski definition) is 4. The monoisotopic (exact) mass is 354 g/mol. The summed E-state index contributed by atoms with van der Waals surface area (Å²) in [5.74, 6) is -0.877. The van der Waals surface area contributed by atoms with Crippen LogP contribution in [0, 0.1) is 0 Å². The van der Waals surface area contributed by atoms with Crippen LogP contribution in [0.5, 0.6) is 5.75 Å². The molecule has 0 aliphatic carbocycles. The van der Waals surface area contributed by atoms with Gasteiger partial charge in [0.25, 0.3) is 0 Å². The summed E-state index contributed by atoms with van der Waals surface area (Å²) in [5.41, 5.74) is 8.61. The number of carbonyl (C=O) groups is 1. The molecule has 2 aromatic carbocycles. The molecule has 6 heteroatoms. The molecule has 0 saturated heterocycles. The lowest BCUT2D eigenvalue weighted by Gasteiger charge is -2.20. The van der Waals surface area contributed by atoms with E-state index in [4.69, 9.17) is 15.2 Å². The number of fused-ring (bicyclic) bond motifs is 1. The number of aromatic nitrogens is 1. The van der Waals surface area contributed by atoms with Gasteiger partial charge in [0.05, 0.1) is 6.61 Å². The molecule has 26 heavy (non-hydrogen) atoms. The summed E-state index contributed by atoms with van der Waals surface area (Å²) in [6.45, 7) is 0.623. The first-order valence-corrected chi connectivity index (χ1v) is 8.36.